The first-order valence-electron chi connectivity index (χ1n) is 3.23. The van der Waals surface area contributed by atoms with Gasteiger partial charge in [-0.3, -0.25) is 0 Å². The Morgan fingerprint density at radius 1 is 1.67 bits per heavy atom. The van der Waals surface area contributed by atoms with E-state index in [0.717, 1.165) is 4.48 Å². The maximum Gasteiger partial charge on any atom is 0.134 e. The molecule has 3 nitrogen and oxygen atoms in total. The van der Waals surface area contributed by atoms with Crippen LogP contribution < -0.4 is 5.32 Å². The second-order valence-corrected chi connectivity index (χ2v) is 3.61. The third kappa shape index (κ3) is 3.19. The number of nitrogens with zero attached hydrogens (tertiary/aromatic N) is 2. The molecule has 12 heavy (non-hydrogen) atoms. The van der Waals surface area contributed by atoms with Crippen LogP contribution in [0.25, 0.3) is 0 Å². The predicted molar refractivity (Wildman–Crippen MR) is 53.6 cm³/mol. The lowest BCUT2D eigenvalue weighted by Crippen LogP contribution is -2.02. The van der Waals surface area contributed by atoms with E-state index < -0.39 is 0 Å². The van der Waals surface area contributed by atoms with Gasteiger partial charge in [0, 0.05) is 17.1 Å². The first-order valence-corrected chi connectivity index (χ1v) is 4.40. The molecule has 0 aromatic carbocycles. The number of hydrogen-bond donors (Lipinski definition) is 1. The van der Waals surface area contributed by atoms with Gasteiger partial charge in [-0.25, -0.2) is 9.97 Å². The lowest BCUT2D eigenvalue weighted by Gasteiger charge is -2.02. The van der Waals surface area contributed by atoms with Gasteiger partial charge in [0.05, 0.1) is 0 Å². The Bertz CT molecular complexity index is 290. The molecule has 0 fully saturated rings. The van der Waals surface area contributed by atoms with Crippen LogP contribution in [0.15, 0.2) is 23.5 Å². The molecular weight excluding hydrogens is 241 g/mol. The van der Waals surface area contributed by atoms with Gasteiger partial charge in [0.15, 0.2) is 0 Å². The minimum atomic E-state index is 0.424. The second kappa shape index (κ2) is 4.42. The molecule has 0 amide bonds. The fraction of sp³-hybridized carbons (Fsp3) is 0.143. The molecular formula is C7H7BrClN3. The monoisotopic (exact) mass is 247 g/mol. The SMILES string of the molecule is C=C(Br)CNc1cc(Cl)ncn1. The quantitative estimate of drug-likeness (QED) is 0.835. The molecule has 5 heteroatoms. The highest BCUT2D eigenvalue weighted by Gasteiger charge is 1.94. The second-order valence-electron chi connectivity index (χ2n) is 2.10. The average Bonchev–Trinajstić information content (AvgIpc) is 2.01. The van der Waals surface area contributed by atoms with Crippen molar-refractivity contribution in [2.24, 2.45) is 0 Å². The number of rotatable bonds is 3. The van der Waals surface area contributed by atoms with Crippen LogP contribution in [0.5, 0.6) is 0 Å². The van der Waals surface area contributed by atoms with E-state index >= 15 is 0 Å². The number of nitrogens with one attached hydrogen (secondary N) is 1. The number of aromatic nitrogens is 2. The van der Waals surface area contributed by atoms with Crippen LogP contribution in [0.3, 0.4) is 0 Å². The largest absolute Gasteiger partial charge is 0.365 e. The highest BCUT2D eigenvalue weighted by atomic mass is 79.9. The Hall–Kier alpha value is -0.610. The van der Waals surface area contributed by atoms with Crippen LogP contribution in [0.1, 0.15) is 0 Å². The number of anilines is 1. The first kappa shape index (κ1) is 9.48. The van der Waals surface area contributed by atoms with E-state index in [1.54, 1.807) is 6.07 Å². The lowest BCUT2D eigenvalue weighted by molar-refractivity contribution is 1.14. The van der Waals surface area contributed by atoms with Gasteiger partial charge in [-0.05, 0) is 0 Å². The molecule has 0 spiro atoms. The van der Waals surface area contributed by atoms with Crippen molar-refractivity contribution in [3.63, 3.8) is 0 Å². The fourth-order valence-electron chi connectivity index (χ4n) is 0.617. The first-order chi connectivity index (χ1) is 5.68. The summed E-state index contributed by atoms with van der Waals surface area (Å²) < 4.78 is 0.859. The summed E-state index contributed by atoms with van der Waals surface area (Å²) in [6, 6.07) is 1.65. The van der Waals surface area contributed by atoms with Gasteiger partial charge < -0.3 is 5.32 Å². The van der Waals surface area contributed by atoms with E-state index in [1.807, 2.05) is 0 Å². The summed E-state index contributed by atoms with van der Waals surface area (Å²) in [5.74, 6) is 0.690. The van der Waals surface area contributed by atoms with E-state index in [4.69, 9.17) is 11.6 Å². The Morgan fingerprint density at radius 3 is 3.00 bits per heavy atom. The molecule has 0 aliphatic rings. The zero-order valence-electron chi connectivity index (χ0n) is 6.22. The van der Waals surface area contributed by atoms with Crippen molar-refractivity contribution in [2.75, 3.05) is 11.9 Å². The molecule has 0 aliphatic heterocycles. The van der Waals surface area contributed by atoms with Gasteiger partial charge in [0.25, 0.3) is 0 Å². The summed E-state index contributed by atoms with van der Waals surface area (Å²) >= 11 is 8.85. The molecule has 1 aromatic rings. The molecule has 1 heterocycles. The predicted octanol–water partition coefficient (Wildman–Crippen LogP) is 2.45. The fourth-order valence-corrected chi connectivity index (χ4v) is 0.904. The molecule has 0 unspecified atom stereocenters. The maximum absolute atomic E-state index is 5.63. The Morgan fingerprint density at radius 2 is 2.42 bits per heavy atom. The van der Waals surface area contributed by atoms with Crippen molar-refractivity contribution in [3.05, 3.63) is 28.6 Å². The van der Waals surface area contributed by atoms with Crippen LogP contribution in [0.2, 0.25) is 5.15 Å². The van der Waals surface area contributed by atoms with Crippen LogP contribution in [0.4, 0.5) is 5.82 Å². The Labute approximate surface area is 84.0 Å². The van der Waals surface area contributed by atoms with Crippen LogP contribution in [-0.4, -0.2) is 16.5 Å². The van der Waals surface area contributed by atoms with E-state index in [9.17, 15) is 0 Å². The van der Waals surface area contributed by atoms with E-state index in [-0.39, 0.29) is 0 Å². The molecule has 0 saturated heterocycles. The Balaban J connectivity index is 2.57. The minimum absolute atomic E-state index is 0.424. The molecule has 0 radical (unpaired) electrons. The standard InChI is InChI=1S/C7H7BrClN3/c1-5(8)3-10-7-2-6(9)11-4-12-7/h2,4H,1,3H2,(H,10,11,12). The summed E-state index contributed by atoms with van der Waals surface area (Å²) in [7, 11) is 0. The van der Waals surface area contributed by atoms with Gasteiger partial charge >= 0.3 is 0 Å². The molecule has 1 rings (SSSR count). The van der Waals surface area contributed by atoms with E-state index in [2.05, 4.69) is 37.8 Å². The van der Waals surface area contributed by atoms with Crippen molar-refractivity contribution in [3.8, 4) is 0 Å². The molecule has 0 atom stereocenters. The van der Waals surface area contributed by atoms with Gasteiger partial charge in [0.2, 0.25) is 0 Å². The summed E-state index contributed by atoms with van der Waals surface area (Å²) in [6.45, 7) is 4.29. The molecule has 1 N–H and O–H groups in total. The summed E-state index contributed by atoms with van der Waals surface area (Å²) in [4.78, 5) is 7.69. The molecule has 1 aromatic heterocycles. The van der Waals surface area contributed by atoms with E-state index in [0.29, 0.717) is 17.5 Å². The van der Waals surface area contributed by atoms with Crippen molar-refractivity contribution < 1.29 is 0 Å². The molecule has 0 saturated carbocycles. The number of halogens is 2. The summed E-state index contributed by atoms with van der Waals surface area (Å²) in [6.07, 6.45) is 1.40. The van der Waals surface area contributed by atoms with E-state index in [1.165, 1.54) is 6.33 Å². The summed E-state index contributed by atoms with van der Waals surface area (Å²) in [5, 5.41) is 3.43. The summed E-state index contributed by atoms with van der Waals surface area (Å²) in [5.41, 5.74) is 0. The topological polar surface area (TPSA) is 37.8 Å². The highest BCUT2D eigenvalue weighted by molar-refractivity contribution is 9.11. The minimum Gasteiger partial charge on any atom is -0.365 e. The Kier molecular flexibility index (Phi) is 3.49. The van der Waals surface area contributed by atoms with Gasteiger partial charge in [-0.15, -0.1) is 0 Å². The van der Waals surface area contributed by atoms with Crippen molar-refractivity contribution in [1.82, 2.24) is 9.97 Å². The van der Waals surface area contributed by atoms with Gasteiger partial charge in [-0.1, -0.05) is 34.1 Å². The maximum atomic E-state index is 5.63. The van der Waals surface area contributed by atoms with Crippen LogP contribution in [0, 0.1) is 0 Å². The number of hydrogen-bond acceptors (Lipinski definition) is 3. The third-order valence-electron chi connectivity index (χ3n) is 1.10. The molecule has 0 aliphatic carbocycles. The third-order valence-corrected chi connectivity index (χ3v) is 1.58. The normalized spacial score (nSPS) is 9.50. The van der Waals surface area contributed by atoms with Gasteiger partial charge in [0.1, 0.15) is 17.3 Å². The molecule has 0 bridgehead atoms. The van der Waals surface area contributed by atoms with Crippen LogP contribution in [-0.2, 0) is 0 Å². The van der Waals surface area contributed by atoms with Crippen molar-refractivity contribution >= 4 is 33.3 Å². The average molecular weight is 249 g/mol. The van der Waals surface area contributed by atoms with Gasteiger partial charge in [-0.2, -0.15) is 0 Å². The molecule has 64 valence electrons. The lowest BCUT2D eigenvalue weighted by atomic mass is 10.5. The van der Waals surface area contributed by atoms with Crippen molar-refractivity contribution in [1.29, 1.82) is 0 Å². The smallest absolute Gasteiger partial charge is 0.134 e. The zero-order chi connectivity index (χ0) is 8.97. The van der Waals surface area contributed by atoms with Crippen molar-refractivity contribution in [2.45, 2.75) is 0 Å². The highest BCUT2D eigenvalue weighted by Crippen LogP contribution is 2.09. The van der Waals surface area contributed by atoms with Crippen LogP contribution >= 0.6 is 27.5 Å². The zero-order valence-corrected chi connectivity index (χ0v) is 8.56.